The molecule has 0 unspecified atom stereocenters. The maximum absolute atomic E-state index is 12.3. The fourth-order valence-electron chi connectivity index (χ4n) is 2.63. The Morgan fingerprint density at radius 2 is 1.81 bits per heavy atom. The Bertz CT molecular complexity index is 858. The largest absolute Gasteiger partial charge is 0.492 e. The lowest BCUT2D eigenvalue weighted by Gasteiger charge is -2.24. The number of carbonyl (C=O) groups excluding carboxylic acids is 2. The van der Waals surface area contributed by atoms with Crippen LogP contribution in [0.5, 0.6) is 5.75 Å². The van der Waals surface area contributed by atoms with E-state index in [1.807, 2.05) is 0 Å². The number of rotatable bonds is 4. The van der Waals surface area contributed by atoms with E-state index in [1.54, 1.807) is 36.4 Å². The number of hydrogen-bond acceptors (Lipinski definition) is 3. The molecule has 0 spiro atoms. The van der Waals surface area contributed by atoms with Gasteiger partial charge in [0.25, 0.3) is 0 Å². The lowest BCUT2D eigenvalue weighted by atomic mass is 9.96. The van der Waals surface area contributed by atoms with E-state index >= 15 is 0 Å². The van der Waals surface area contributed by atoms with Gasteiger partial charge < -0.3 is 15.4 Å². The zero-order valence-corrected chi connectivity index (χ0v) is 15.8. The highest BCUT2D eigenvalue weighted by Gasteiger charge is 2.26. The highest BCUT2D eigenvalue weighted by molar-refractivity contribution is 6.35. The molecule has 136 valence electrons. The maximum atomic E-state index is 12.3. The van der Waals surface area contributed by atoms with Gasteiger partial charge in [0.2, 0.25) is 11.8 Å². The normalized spacial score (nSPS) is 15.6. The molecule has 1 aliphatic heterocycles. The predicted molar refractivity (Wildman–Crippen MR) is 102 cm³/mol. The highest BCUT2D eigenvalue weighted by Crippen LogP contribution is 2.30. The molecule has 1 aliphatic rings. The molecule has 0 aromatic heterocycles. The summed E-state index contributed by atoms with van der Waals surface area (Å²) in [6.45, 7) is 0.0722. The molecule has 2 N–H and O–H groups in total. The summed E-state index contributed by atoms with van der Waals surface area (Å²) in [5.74, 6) is -0.319. The summed E-state index contributed by atoms with van der Waals surface area (Å²) in [6.07, 6.45) is 0.503. The number of ether oxygens (including phenoxy) is 1. The van der Waals surface area contributed by atoms with Crippen LogP contribution in [0.2, 0.25) is 15.1 Å². The van der Waals surface area contributed by atoms with Crippen LogP contribution in [0.25, 0.3) is 0 Å². The van der Waals surface area contributed by atoms with Crippen LogP contribution < -0.4 is 15.4 Å². The van der Waals surface area contributed by atoms with Gasteiger partial charge in [-0.2, -0.15) is 0 Å². The summed E-state index contributed by atoms with van der Waals surface area (Å²) < 4.78 is 5.59. The summed E-state index contributed by atoms with van der Waals surface area (Å²) >= 11 is 17.9. The Morgan fingerprint density at radius 1 is 1.08 bits per heavy atom. The second kappa shape index (κ2) is 8.16. The van der Waals surface area contributed by atoms with Crippen LogP contribution in [0.4, 0.5) is 5.69 Å². The first kappa shape index (κ1) is 18.8. The van der Waals surface area contributed by atoms with Gasteiger partial charge in [-0.25, -0.2) is 0 Å². The molecule has 2 aromatic rings. The van der Waals surface area contributed by atoms with Crippen molar-refractivity contribution >= 4 is 52.3 Å². The van der Waals surface area contributed by atoms with Crippen molar-refractivity contribution in [2.24, 2.45) is 5.92 Å². The number of nitrogens with one attached hydrogen (secondary N) is 2. The first-order valence-electron chi connectivity index (χ1n) is 7.86. The molecule has 0 bridgehead atoms. The summed E-state index contributed by atoms with van der Waals surface area (Å²) in [5, 5.41) is 6.63. The molecule has 8 heteroatoms. The van der Waals surface area contributed by atoms with E-state index in [1.165, 1.54) is 0 Å². The van der Waals surface area contributed by atoms with Crippen molar-refractivity contribution in [2.75, 3.05) is 18.5 Å². The van der Waals surface area contributed by atoms with Gasteiger partial charge in [0, 0.05) is 10.0 Å². The minimum atomic E-state index is -0.400. The lowest BCUT2D eigenvalue weighted by molar-refractivity contribution is -0.128. The Balaban J connectivity index is 1.54. The van der Waals surface area contributed by atoms with Crippen molar-refractivity contribution in [3.63, 3.8) is 0 Å². The smallest absolute Gasteiger partial charge is 0.243 e. The van der Waals surface area contributed by atoms with Gasteiger partial charge in [-0.15, -0.1) is 0 Å². The Morgan fingerprint density at radius 3 is 2.62 bits per heavy atom. The predicted octanol–water partition coefficient (Wildman–Crippen LogP) is 3.95. The van der Waals surface area contributed by atoms with E-state index in [-0.39, 0.29) is 25.0 Å². The number of fused-ring (bicyclic) bond motifs is 1. The maximum Gasteiger partial charge on any atom is 0.243 e. The van der Waals surface area contributed by atoms with Crippen LogP contribution in [0.3, 0.4) is 0 Å². The molecule has 0 radical (unpaired) electrons. The quantitative estimate of drug-likeness (QED) is 0.797. The van der Waals surface area contributed by atoms with E-state index in [4.69, 9.17) is 39.5 Å². The van der Waals surface area contributed by atoms with E-state index < -0.39 is 5.91 Å². The van der Waals surface area contributed by atoms with Crippen LogP contribution in [-0.2, 0) is 16.0 Å². The van der Waals surface area contributed by atoms with Crippen molar-refractivity contribution < 1.29 is 14.3 Å². The number of benzene rings is 2. The topological polar surface area (TPSA) is 67.4 Å². The van der Waals surface area contributed by atoms with Crippen molar-refractivity contribution in [1.29, 1.82) is 0 Å². The van der Waals surface area contributed by atoms with Crippen LogP contribution in [-0.4, -0.2) is 25.0 Å². The van der Waals surface area contributed by atoms with Gasteiger partial charge in [-0.3, -0.25) is 9.59 Å². The lowest BCUT2D eigenvalue weighted by Crippen LogP contribution is -2.40. The number of carbonyl (C=O) groups is 2. The first-order chi connectivity index (χ1) is 12.4. The van der Waals surface area contributed by atoms with E-state index in [0.717, 1.165) is 11.3 Å². The summed E-state index contributed by atoms with van der Waals surface area (Å²) in [4.78, 5) is 24.3. The minimum absolute atomic E-state index is 0.180. The molecule has 0 aliphatic carbocycles. The molecule has 2 amide bonds. The zero-order chi connectivity index (χ0) is 18.7. The Labute approximate surface area is 165 Å². The molecule has 3 rings (SSSR count). The first-order valence-corrected chi connectivity index (χ1v) is 8.99. The van der Waals surface area contributed by atoms with Crippen LogP contribution in [0.1, 0.15) is 5.56 Å². The number of halogens is 3. The molecule has 0 fully saturated rings. The summed E-state index contributed by atoms with van der Waals surface area (Å²) in [7, 11) is 0. The van der Waals surface area contributed by atoms with Crippen molar-refractivity contribution in [1.82, 2.24) is 5.32 Å². The SMILES string of the molecule is O=C(CNC(=O)[C@@H]1COc2ccc(Cl)cc2C1)Nc1cc(Cl)ccc1Cl. The standard InChI is InChI=1S/C18H15Cl3N2O3/c19-12-2-4-16-10(6-12)5-11(9-26-16)18(25)22-8-17(24)23-15-7-13(20)1-3-14(15)21/h1-4,6-7,11H,5,8-9H2,(H,22,25)(H,23,24)/t11-/m0/s1. The summed E-state index contributed by atoms with van der Waals surface area (Å²) in [6, 6.07) is 10.1. The third-order valence-electron chi connectivity index (χ3n) is 3.93. The van der Waals surface area contributed by atoms with Gasteiger partial charge >= 0.3 is 0 Å². The third kappa shape index (κ3) is 4.61. The fraction of sp³-hybridized carbons (Fsp3) is 0.222. The minimum Gasteiger partial charge on any atom is -0.492 e. The molecule has 0 saturated carbocycles. The van der Waals surface area contributed by atoms with Gasteiger partial charge in [-0.1, -0.05) is 34.8 Å². The Kier molecular flexibility index (Phi) is 5.91. The molecule has 2 aromatic carbocycles. The van der Waals surface area contributed by atoms with Gasteiger partial charge in [-0.05, 0) is 48.4 Å². The van der Waals surface area contributed by atoms with Crippen molar-refractivity contribution in [3.8, 4) is 5.75 Å². The monoisotopic (exact) mass is 412 g/mol. The van der Waals surface area contributed by atoms with Crippen LogP contribution in [0.15, 0.2) is 36.4 Å². The van der Waals surface area contributed by atoms with Gasteiger partial charge in [0.15, 0.2) is 0 Å². The molecule has 1 atom stereocenters. The average molecular weight is 414 g/mol. The molecule has 26 heavy (non-hydrogen) atoms. The van der Waals surface area contributed by atoms with Crippen LogP contribution >= 0.6 is 34.8 Å². The molecule has 0 saturated heterocycles. The second-order valence-electron chi connectivity index (χ2n) is 5.85. The second-order valence-corrected chi connectivity index (χ2v) is 7.13. The molecular formula is C18H15Cl3N2O3. The molecular weight excluding hydrogens is 399 g/mol. The average Bonchev–Trinajstić information content (AvgIpc) is 2.62. The third-order valence-corrected chi connectivity index (χ3v) is 4.73. The van der Waals surface area contributed by atoms with E-state index in [0.29, 0.717) is 27.2 Å². The van der Waals surface area contributed by atoms with E-state index in [2.05, 4.69) is 10.6 Å². The van der Waals surface area contributed by atoms with Crippen molar-refractivity contribution in [3.05, 3.63) is 57.0 Å². The van der Waals surface area contributed by atoms with Gasteiger partial charge in [0.05, 0.1) is 23.2 Å². The van der Waals surface area contributed by atoms with E-state index in [9.17, 15) is 9.59 Å². The number of anilines is 1. The van der Waals surface area contributed by atoms with Crippen molar-refractivity contribution in [2.45, 2.75) is 6.42 Å². The highest BCUT2D eigenvalue weighted by atomic mass is 35.5. The van der Waals surface area contributed by atoms with Gasteiger partial charge in [0.1, 0.15) is 12.4 Å². The molecule has 1 heterocycles. The Hall–Kier alpha value is -1.95. The molecule has 5 nitrogen and oxygen atoms in total. The zero-order valence-electron chi connectivity index (χ0n) is 13.5. The number of amides is 2. The summed E-state index contributed by atoms with van der Waals surface area (Å²) in [5.41, 5.74) is 1.27. The number of hydrogen-bond donors (Lipinski definition) is 2. The fourth-order valence-corrected chi connectivity index (χ4v) is 3.16. The van der Waals surface area contributed by atoms with Crippen LogP contribution in [0, 0.1) is 5.92 Å².